The number of allylic oxidation sites excluding steroid dienone is 1. The second kappa shape index (κ2) is 8.22. The summed E-state index contributed by atoms with van der Waals surface area (Å²) in [6.07, 6.45) is 1.74. The molecule has 0 saturated heterocycles. The molecular weight excluding hydrogens is 369 g/mol. The molecule has 3 aromatic rings. The van der Waals surface area contributed by atoms with Crippen LogP contribution in [-0.4, -0.2) is 27.8 Å². The quantitative estimate of drug-likeness (QED) is 0.343. The Labute approximate surface area is 160 Å². The van der Waals surface area contributed by atoms with Gasteiger partial charge in [-0.05, 0) is 37.3 Å². The van der Waals surface area contributed by atoms with Gasteiger partial charge in [0.25, 0.3) is 0 Å². The van der Waals surface area contributed by atoms with Crippen molar-refractivity contribution in [2.45, 2.75) is 24.4 Å². The number of furan rings is 1. The van der Waals surface area contributed by atoms with E-state index in [1.54, 1.807) is 31.2 Å². The second-order valence-electron chi connectivity index (χ2n) is 5.68. The van der Waals surface area contributed by atoms with Gasteiger partial charge in [0, 0.05) is 12.1 Å². The highest BCUT2D eigenvalue weighted by atomic mass is 32.2. The van der Waals surface area contributed by atoms with Gasteiger partial charge in [-0.15, -0.1) is 16.8 Å². The van der Waals surface area contributed by atoms with Crippen molar-refractivity contribution in [1.29, 1.82) is 0 Å². The lowest BCUT2D eigenvalue weighted by atomic mass is 10.2. The molecule has 2 heterocycles. The van der Waals surface area contributed by atoms with E-state index in [4.69, 9.17) is 9.15 Å². The Morgan fingerprint density at radius 1 is 1.37 bits per heavy atom. The van der Waals surface area contributed by atoms with E-state index >= 15 is 0 Å². The van der Waals surface area contributed by atoms with Crippen molar-refractivity contribution in [3.05, 3.63) is 65.9 Å². The fourth-order valence-corrected chi connectivity index (χ4v) is 3.39. The van der Waals surface area contributed by atoms with Crippen LogP contribution in [0.25, 0.3) is 11.4 Å². The maximum Gasteiger partial charge on any atom is 0.341 e. The topological polar surface area (TPSA) is 70.2 Å². The van der Waals surface area contributed by atoms with Gasteiger partial charge in [-0.3, -0.25) is 4.57 Å². The second-order valence-corrected chi connectivity index (χ2v) is 6.62. The number of hydrogen-bond donors (Lipinski definition) is 0. The van der Waals surface area contributed by atoms with Gasteiger partial charge in [-0.2, -0.15) is 0 Å². The minimum Gasteiger partial charge on any atom is -0.465 e. The summed E-state index contributed by atoms with van der Waals surface area (Å²) in [5.74, 6) is 1.50. The molecule has 0 radical (unpaired) electrons. The minimum absolute atomic E-state index is 0.308. The Hall–Kier alpha value is -2.87. The molecule has 0 aliphatic rings. The number of rotatable bonds is 7. The number of aryl methyl sites for hydroxylation is 1. The predicted molar refractivity (Wildman–Crippen MR) is 100.0 cm³/mol. The van der Waals surface area contributed by atoms with Crippen LogP contribution in [0, 0.1) is 12.7 Å². The number of methoxy groups -OCH3 is 1. The van der Waals surface area contributed by atoms with E-state index in [2.05, 4.69) is 16.8 Å². The molecule has 0 saturated carbocycles. The molecule has 1 aromatic carbocycles. The average molecular weight is 387 g/mol. The van der Waals surface area contributed by atoms with Gasteiger partial charge in [0.2, 0.25) is 0 Å². The smallest absolute Gasteiger partial charge is 0.341 e. The minimum atomic E-state index is -0.430. The fraction of sp³-hybridized carbons (Fsp3) is 0.211. The Balaban J connectivity index is 1.82. The van der Waals surface area contributed by atoms with E-state index in [1.807, 2.05) is 4.57 Å². The van der Waals surface area contributed by atoms with Gasteiger partial charge in [-0.25, -0.2) is 9.18 Å². The number of halogens is 1. The molecule has 0 bridgehead atoms. The first kappa shape index (κ1) is 18.9. The summed E-state index contributed by atoms with van der Waals surface area (Å²) in [5, 5.41) is 9.13. The standard InChI is InChI=1S/C19H18FN3O3S/c1-4-9-23-17(13-5-7-14(20)8-6-13)21-22-19(23)27-11-15-10-16(12(2)26-15)18(24)25-3/h4-8,10H,1,9,11H2,2-3H3. The van der Waals surface area contributed by atoms with Crippen LogP contribution in [0.4, 0.5) is 4.39 Å². The van der Waals surface area contributed by atoms with Crippen molar-refractivity contribution >= 4 is 17.7 Å². The number of thioether (sulfide) groups is 1. The van der Waals surface area contributed by atoms with Gasteiger partial charge >= 0.3 is 5.97 Å². The molecule has 2 aromatic heterocycles. The fourth-order valence-electron chi connectivity index (χ4n) is 2.56. The van der Waals surface area contributed by atoms with Crippen LogP contribution in [0.3, 0.4) is 0 Å². The lowest BCUT2D eigenvalue weighted by molar-refractivity contribution is 0.0599. The summed E-state index contributed by atoms with van der Waals surface area (Å²) in [6.45, 7) is 5.99. The molecule has 0 N–H and O–H groups in total. The van der Waals surface area contributed by atoms with Gasteiger partial charge in [-0.1, -0.05) is 17.8 Å². The highest BCUT2D eigenvalue weighted by Crippen LogP contribution is 2.28. The number of ether oxygens (including phenoxy) is 1. The van der Waals surface area contributed by atoms with Crippen LogP contribution >= 0.6 is 11.8 Å². The number of benzene rings is 1. The van der Waals surface area contributed by atoms with E-state index in [-0.39, 0.29) is 5.82 Å². The SMILES string of the molecule is C=CCn1c(SCc2cc(C(=O)OC)c(C)o2)nnc1-c1ccc(F)cc1. The zero-order valence-corrected chi connectivity index (χ0v) is 15.8. The first-order chi connectivity index (χ1) is 13.0. The van der Waals surface area contributed by atoms with Crippen LogP contribution in [0.15, 0.2) is 52.6 Å². The molecule has 3 rings (SSSR count). The highest BCUT2D eigenvalue weighted by Gasteiger charge is 2.18. The van der Waals surface area contributed by atoms with Crippen LogP contribution < -0.4 is 0 Å². The van der Waals surface area contributed by atoms with Crippen molar-refractivity contribution in [3.63, 3.8) is 0 Å². The predicted octanol–water partition coefficient (Wildman–Crippen LogP) is 4.25. The lowest BCUT2D eigenvalue weighted by Crippen LogP contribution is -2.01. The van der Waals surface area contributed by atoms with Crippen LogP contribution in [0.5, 0.6) is 0 Å². The largest absolute Gasteiger partial charge is 0.465 e. The van der Waals surface area contributed by atoms with E-state index < -0.39 is 5.97 Å². The number of hydrogen-bond acceptors (Lipinski definition) is 6. The van der Waals surface area contributed by atoms with E-state index in [0.29, 0.717) is 40.4 Å². The van der Waals surface area contributed by atoms with Crippen LogP contribution in [0.1, 0.15) is 21.9 Å². The molecule has 0 aliphatic heterocycles. The zero-order chi connectivity index (χ0) is 19.4. The molecule has 6 nitrogen and oxygen atoms in total. The van der Waals surface area contributed by atoms with Gasteiger partial charge in [0.15, 0.2) is 11.0 Å². The van der Waals surface area contributed by atoms with Crippen molar-refractivity contribution < 1.29 is 18.3 Å². The molecular formula is C19H18FN3O3S. The Kier molecular flexibility index (Phi) is 5.75. The number of esters is 1. The zero-order valence-electron chi connectivity index (χ0n) is 14.9. The molecule has 0 amide bonds. The summed E-state index contributed by atoms with van der Waals surface area (Å²) >= 11 is 1.42. The highest BCUT2D eigenvalue weighted by molar-refractivity contribution is 7.98. The summed E-state index contributed by atoms with van der Waals surface area (Å²) < 4.78 is 25.4. The van der Waals surface area contributed by atoms with Gasteiger partial charge < -0.3 is 9.15 Å². The van der Waals surface area contributed by atoms with Crippen molar-refractivity contribution in [2.75, 3.05) is 7.11 Å². The summed E-state index contributed by atoms with van der Waals surface area (Å²) in [7, 11) is 1.33. The lowest BCUT2D eigenvalue weighted by Gasteiger charge is -2.07. The van der Waals surface area contributed by atoms with Crippen LogP contribution in [-0.2, 0) is 17.0 Å². The monoisotopic (exact) mass is 387 g/mol. The van der Waals surface area contributed by atoms with E-state index in [9.17, 15) is 9.18 Å². The maximum atomic E-state index is 13.2. The van der Waals surface area contributed by atoms with Crippen molar-refractivity contribution in [3.8, 4) is 11.4 Å². The molecule has 0 spiro atoms. The Morgan fingerprint density at radius 3 is 2.78 bits per heavy atom. The third-order valence-corrected chi connectivity index (χ3v) is 4.84. The van der Waals surface area contributed by atoms with Crippen molar-refractivity contribution in [1.82, 2.24) is 14.8 Å². The maximum absolute atomic E-state index is 13.2. The summed E-state index contributed by atoms with van der Waals surface area (Å²) in [4.78, 5) is 11.7. The van der Waals surface area contributed by atoms with Gasteiger partial charge in [0.05, 0.1) is 12.9 Å². The van der Waals surface area contributed by atoms with Crippen LogP contribution in [0.2, 0.25) is 0 Å². The molecule has 8 heteroatoms. The number of nitrogens with zero attached hydrogens (tertiary/aromatic N) is 3. The van der Waals surface area contributed by atoms with Gasteiger partial charge in [0.1, 0.15) is 22.9 Å². The number of carbonyl (C=O) groups is 1. The average Bonchev–Trinajstić information content (AvgIpc) is 3.24. The molecule has 0 fully saturated rings. The Bertz CT molecular complexity index is 963. The molecule has 27 heavy (non-hydrogen) atoms. The third-order valence-electron chi connectivity index (χ3n) is 3.85. The first-order valence-corrected chi connectivity index (χ1v) is 9.12. The first-order valence-electron chi connectivity index (χ1n) is 8.14. The Morgan fingerprint density at radius 2 is 2.11 bits per heavy atom. The van der Waals surface area contributed by atoms with E-state index in [1.165, 1.54) is 31.0 Å². The van der Waals surface area contributed by atoms with Crippen molar-refractivity contribution in [2.24, 2.45) is 0 Å². The molecule has 140 valence electrons. The molecule has 0 atom stereocenters. The number of carbonyl (C=O) groups excluding carboxylic acids is 1. The normalized spacial score (nSPS) is 10.8. The summed E-state index contributed by atoms with van der Waals surface area (Å²) in [6, 6.07) is 7.76. The summed E-state index contributed by atoms with van der Waals surface area (Å²) in [5.41, 5.74) is 1.17. The molecule has 0 aliphatic carbocycles. The molecule has 0 unspecified atom stereocenters. The number of aromatic nitrogens is 3. The van der Waals surface area contributed by atoms with E-state index in [0.717, 1.165) is 5.56 Å². The third kappa shape index (κ3) is 4.11.